The normalized spacial score (nSPS) is 11.4. The third kappa shape index (κ3) is 5.89. The molecule has 0 aliphatic heterocycles. The zero-order valence-corrected chi connectivity index (χ0v) is 31.5. The van der Waals surface area contributed by atoms with Crippen LogP contribution in [0, 0.1) is 0 Å². The van der Waals surface area contributed by atoms with E-state index >= 15 is 0 Å². The van der Waals surface area contributed by atoms with E-state index in [9.17, 15) is 0 Å². The van der Waals surface area contributed by atoms with E-state index in [1.807, 2.05) is 18.3 Å². The molecule has 3 nitrogen and oxygen atoms in total. The van der Waals surface area contributed by atoms with E-state index in [4.69, 9.17) is 9.97 Å². The minimum absolute atomic E-state index is 0.675. The molecule has 0 saturated heterocycles. The summed E-state index contributed by atoms with van der Waals surface area (Å²) in [6, 6.07) is 71.4. The summed E-state index contributed by atoms with van der Waals surface area (Å²) in [7, 11) is 0. The standard InChI is InChI=1S/C55H35N3/c1-2-12-36(13-3-1)37-23-27-39(28-24-37)52-34-53(58-55(57-52)42-15-10-14-41(32-42)43-16-11-31-56-35-43)40-29-25-38(26-30-40)50-33-51-46-19-5-4-17-44(46)45-18-6-8-21-48(45)54(51)49-22-9-7-20-47(49)50/h1-35H. The summed E-state index contributed by atoms with van der Waals surface area (Å²) in [5.41, 5.74) is 11.6. The fraction of sp³-hybridized carbons (Fsp3) is 0. The second-order valence-electron chi connectivity index (χ2n) is 14.8. The van der Waals surface area contributed by atoms with Gasteiger partial charge >= 0.3 is 0 Å². The van der Waals surface area contributed by atoms with E-state index < -0.39 is 0 Å². The first-order chi connectivity index (χ1) is 28.7. The predicted octanol–water partition coefficient (Wildman–Crippen LogP) is 14.5. The lowest BCUT2D eigenvalue weighted by molar-refractivity contribution is 1.18. The predicted molar refractivity (Wildman–Crippen MR) is 242 cm³/mol. The second-order valence-corrected chi connectivity index (χ2v) is 14.8. The van der Waals surface area contributed by atoms with Gasteiger partial charge in [-0.3, -0.25) is 4.98 Å². The Balaban J connectivity index is 1.05. The van der Waals surface area contributed by atoms with Crippen LogP contribution in [-0.4, -0.2) is 15.0 Å². The molecule has 0 amide bonds. The quantitative estimate of drug-likeness (QED) is 0.160. The molecule has 0 radical (unpaired) electrons. The number of hydrogen-bond acceptors (Lipinski definition) is 3. The minimum Gasteiger partial charge on any atom is -0.264 e. The molecule has 0 unspecified atom stereocenters. The number of rotatable bonds is 6. The summed E-state index contributed by atoms with van der Waals surface area (Å²) in [6.45, 7) is 0. The number of aromatic nitrogens is 3. The Morgan fingerprint density at radius 1 is 0.276 bits per heavy atom. The highest BCUT2D eigenvalue weighted by molar-refractivity contribution is 6.33. The van der Waals surface area contributed by atoms with Gasteiger partial charge < -0.3 is 0 Å². The third-order valence-electron chi connectivity index (χ3n) is 11.4. The summed E-state index contributed by atoms with van der Waals surface area (Å²) in [4.78, 5) is 14.8. The summed E-state index contributed by atoms with van der Waals surface area (Å²) < 4.78 is 0. The van der Waals surface area contributed by atoms with Crippen LogP contribution in [0.25, 0.3) is 110 Å². The van der Waals surface area contributed by atoms with Crippen LogP contribution in [0.1, 0.15) is 0 Å². The number of hydrogen-bond donors (Lipinski definition) is 0. The van der Waals surface area contributed by atoms with Crippen molar-refractivity contribution >= 4 is 43.1 Å². The fourth-order valence-electron chi connectivity index (χ4n) is 8.53. The summed E-state index contributed by atoms with van der Waals surface area (Å²) in [6.07, 6.45) is 3.69. The van der Waals surface area contributed by atoms with Gasteiger partial charge in [-0.15, -0.1) is 0 Å². The van der Waals surface area contributed by atoms with E-state index in [2.05, 4.69) is 193 Å². The molecule has 3 heteroatoms. The van der Waals surface area contributed by atoms with Gasteiger partial charge in [-0.25, -0.2) is 9.97 Å². The van der Waals surface area contributed by atoms with Gasteiger partial charge in [-0.2, -0.15) is 0 Å². The average Bonchev–Trinajstić information content (AvgIpc) is 3.32. The molecule has 0 aliphatic carbocycles. The third-order valence-corrected chi connectivity index (χ3v) is 11.4. The maximum atomic E-state index is 5.23. The first kappa shape index (κ1) is 33.6. The molecule has 0 atom stereocenters. The number of fused-ring (bicyclic) bond motifs is 8. The van der Waals surface area contributed by atoms with Gasteiger partial charge in [0.1, 0.15) is 0 Å². The maximum absolute atomic E-state index is 5.23. The molecule has 0 fully saturated rings. The molecule has 11 rings (SSSR count). The zero-order valence-electron chi connectivity index (χ0n) is 31.5. The van der Waals surface area contributed by atoms with Crippen LogP contribution in [0.5, 0.6) is 0 Å². The van der Waals surface area contributed by atoms with E-state index in [1.54, 1.807) is 6.20 Å². The lowest BCUT2D eigenvalue weighted by Crippen LogP contribution is -1.96. The molecule has 270 valence electrons. The van der Waals surface area contributed by atoms with Crippen molar-refractivity contribution in [2.45, 2.75) is 0 Å². The van der Waals surface area contributed by atoms with E-state index in [-0.39, 0.29) is 0 Å². The Bertz CT molecular complexity index is 3300. The minimum atomic E-state index is 0.675. The van der Waals surface area contributed by atoms with Crippen molar-refractivity contribution in [3.8, 4) is 67.3 Å². The molecular weight excluding hydrogens is 703 g/mol. The Labute approximate surface area is 336 Å². The van der Waals surface area contributed by atoms with Crippen molar-refractivity contribution in [2.24, 2.45) is 0 Å². The molecule has 0 N–H and O–H groups in total. The highest BCUT2D eigenvalue weighted by atomic mass is 14.9. The average molecular weight is 738 g/mol. The van der Waals surface area contributed by atoms with Crippen molar-refractivity contribution in [1.82, 2.24) is 15.0 Å². The molecule has 0 spiro atoms. The summed E-state index contributed by atoms with van der Waals surface area (Å²) >= 11 is 0. The van der Waals surface area contributed by atoms with Gasteiger partial charge in [-0.05, 0) is 95.2 Å². The summed E-state index contributed by atoms with van der Waals surface area (Å²) in [5.74, 6) is 0.675. The second kappa shape index (κ2) is 14.1. The van der Waals surface area contributed by atoms with Gasteiger partial charge in [0.2, 0.25) is 0 Å². The lowest BCUT2D eigenvalue weighted by Gasteiger charge is -2.16. The molecule has 0 saturated carbocycles. The molecule has 0 aliphatic rings. The highest BCUT2D eigenvalue weighted by Gasteiger charge is 2.16. The van der Waals surface area contributed by atoms with Crippen LogP contribution >= 0.6 is 0 Å². The molecule has 0 bridgehead atoms. The molecule has 2 aromatic heterocycles. The molecule has 2 heterocycles. The van der Waals surface area contributed by atoms with Crippen molar-refractivity contribution in [3.05, 3.63) is 213 Å². The van der Waals surface area contributed by atoms with Gasteiger partial charge in [0, 0.05) is 34.6 Å². The van der Waals surface area contributed by atoms with Crippen molar-refractivity contribution in [2.75, 3.05) is 0 Å². The first-order valence-corrected chi connectivity index (χ1v) is 19.7. The van der Waals surface area contributed by atoms with Crippen LogP contribution in [0.2, 0.25) is 0 Å². The maximum Gasteiger partial charge on any atom is 0.160 e. The van der Waals surface area contributed by atoms with Gasteiger partial charge in [-0.1, -0.05) is 176 Å². The molecule has 58 heavy (non-hydrogen) atoms. The first-order valence-electron chi connectivity index (χ1n) is 19.7. The van der Waals surface area contributed by atoms with Crippen molar-refractivity contribution in [1.29, 1.82) is 0 Å². The smallest absolute Gasteiger partial charge is 0.160 e. The molecule has 9 aromatic carbocycles. The SMILES string of the molecule is c1ccc(-c2ccc(-c3cc(-c4ccc(-c5cc6c7ccccc7c7ccccc7c6c6ccccc56)cc4)nc(-c4cccc(-c5cccnc5)c4)n3)cc2)cc1. The number of benzene rings is 9. The van der Waals surface area contributed by atoms with Crippen molar-refractivity contribution < 1.29 is 0 Å². The fourth-order valence-corrected chi connectivity index (χ4v) is 8.53. The summed E-state index contributed by atoms with van der Waals surface area (Å²) in [5, 5.41) is 10.2. The van der Waals surface area contributed by atoms with E-state index in [1.165, 1.54) is 59.8 Å². The van der Waals surface area contributed by atoms with E-state index in [0.717, 1.165) is 44.8 Å². The van der Waals surface area contributed by atoms with Crippen molar-refractivity contribution in [3.63, 3.8) is 0 Å². The Morgan fingerprint density at radius 3 is 1.41 bits per heavy atom. The van der Waals surface area contributed by atoms with Crippen LogP contribution in [0.4, 0.5) is 0 Å². The highest BCUT2D eigenvalue weighted by Crippen LogP contribution is 2.43. The van der Waals surface area contributed by atoms with Gasteiger partial charge in [0.15, 0.2) is 5.82 Å². The monoisotopic (exact) mass is 737 g/mol. The van der Waals surface area contributed by atoms with Crippen LogP contribution in [-0.2, 0) is 0 Å². The molecule has 11 aromatic rings. The Kier molecular flexibility index (Phi) is 8.15. The molecular formula is C55H35N3. The number of nitrogens with zero attached hydrogens (tertiary/aromatic N) is 3. The number of pyridine rings is 1. The Hall–Kier alpha value is -7.75. The Morgan fingerprint density at radius 2 is 0.759 bits per heavy atom. The zero-order chi connectivity index (χ0) is 38.4. The van der Waals surface area contributed by atoms with Crippen LogP contribution in [0.15, 0.2) is 213 Å². The van der Waals surface area contributed by atoms with Crippen LogP contribution in [0.3, 0.4) is 0 Å². The lowest BCUT2D eigenvalue weighted by atomic mass is 9.87. The van der Waals surface area contributed by atoms with Gasteiger partial charge in [0.05, 0.1) is 11.4 Å². The largest absolute Gasteiger partial charge is 0.264 e. The topological polar surface area (TPSA) is 38.7 Å². The van der Waals surface area contributed by atoms with E-state index in [0.29, 0.717) is 5.82 Å². The van der Waals surface area contributed by atoms with Crippen LogP contribution < -0.4 is 0 Å². The van der Waals surface area contributed by atoms with Gasteiger partial charge in [0.25, 0.3) is 0 Å².